The minimum Gasteiger partial charge on any atom is -0.477 e. The van der Waals surface area contributed by atoms with Crippen molar-refractivity contribution in [2.75, 3.05) is 0 Å². The van der Waals surface area contributed by atoms with Gasteiger partial charge in [-0.05, 0) is 30.3 Å². The van der Waals surface area contributed by atoms with Gasteiger partial charge in [0.1, 0.15) is 5.69 Å². The first kappa shape index (κ1) is 11.1. The number of benzene rings is 1. The lowest BCUT2D eigenvalue weighted by Gasteiger charge is -1.98. The molecule has 2 aromatic rings. The smallest absolute Gasteiger partial charge is 0.352 e. The topological polar surface area (TPSA) is 53.1 Å². The number of aromatic nitrogens is 1. The monoisotopic (exact) mass is 253 g/mol. The predicted molar refractivity (Wildman–Crippen MR) is 63.3 cm³/mol. The van der Waals surface area contributed by atoms with Crippen LogP contribution in [0.4, 0.5) is 0 Å². The van der Waals surface area contributed by atoms with Gasteiger partial charge in [0.05, 0.1) is 5.03 Å². The summed E-state index contributed by atoms with van der Waals surface area (Å²) in [7, 11) is 0. The lowest BCUT2D eigenvalue weighted by Crippen LogP contribution is -1.95. The van der Waals surface area contributed by atoms with Gasteiger partial charge in [-0.15, -0.1) is 0 Å². The molecule has 0 aliphatic carbocycles. The van der Waals surface area contributed by atoms with Crippen molar-refractivity contribution in [1.29, 1.82) is 0 Å². The van der Waals surface area contributed by atoms with Crippen molar-refractivity contribution in [3.8, 4) is 0 Å². The van der Waals surface area contributed by atoms with E-state index < -0.39 is 5.97 Å². The highest BCUT2D eigenvalue weighted by Gasteiger charge is 2.06. The molecule has 1 heterocycles. The SMILES string of the molecule is O=C(O)c1ccc(Sc2cccc(Cl)c2)[nH]1. The average Bonchev–Trinajstić information content (AvgIpc) is 2.66. The molecule has 0 radical (unpaired) electrons. The van der Waals surface area contributed by atoms with Gasteiger partial charge in [-0.2, -0.15) is 0 Å². The van der Waals surface area contributed by atoms with E-state index in [2.05, 4.69) is 4.98 Å². The van der Waals surface area contributed by atoms with Crippen molar-refractivity contribution in [3.05, 3.63) is 47.1 Å². The minimum atomic E-state index is -0.960. The molecular weight excluding hydrogens is 246 g/mol. The zero-order valence-corrected chi connectivity index (χ0v) is 9.68. The van der Waals surface area contributed by atoms with Gasteiger partial charge in [-0.3, -0.25) is 0 Å². The number of hydrogen-bond donors (Lipinski definition) is 2. The van der Waals surface area contributed by atoms with Crippen molar-refractivity contribution >= 4 is 29.3 Å². The Balaban J connectivity index is 2.17. The number of aromatic amines is 1. The molecule has 5 heteroatoms. The molecule has 0 aliphatic heterocycles. The quantitative estimate of drug-likeness (QED) is 0.880. The number of halogens is 1. The van der Waals surface area contributed by atoms with Crippen LogP contribution in [-0.2, 0) is 0 Å². The summed E-state index contributed by atoms with van der Waals surface area (Å²) in [5, 5.41) is 10.2. The van der Waals surface area contributed by atoms with Crippen LogP contribution in [0.3, 0.4) is 0 Å². The lowest BCUT2D eigenvalue weighted by atomic mass is 10.4. The van der Waals surface area contributed by atoms with E-state index in [1.807, 2.05) is 18.2 Å². The number of H-pyrrole nitrogens is 1. The fourth-order valence-electron chi connectivity index (χ4n) is 1.22. The summed E-state index contributed by atoms with van der Waals surface area (Å²) in [6.07, 6.45) is 0. The van der Waals surface area contributed by atoms with Crippen LogP contribution in [0.2, 0.25) is 5.02 Å². The van der Waals surface area contributed by atoms with Gasteiger partial charge in [0.15, 0.2) is 0 Å². The van der Waals surface area contributed by atoms with Crippen LogP contribution in [0.1, 0.15) is 10.5 Å². The maximum atomic E-state index is 10.7. The second-order valence-corrected chi connectivity index (χ2v) is 4.65. The van der Waals surface area contributed by atoms with Crippen molar-refractivity contribution < 1.29 is 9.90 Å². The molecule has 2 rings (SSSR count). The number of carbonyl (C=O) groups is 1. The first-order chi connectivity index (χ1) is 7.65. The van der Waals surface area contributed by atoms with Gasteiger partial charge >= 0.3 is 5.97 Å². The van der Waals surface area contributed by atoms with E-state index in [1.165, 1.54) is 17.8 Å². The van der Waals surface area contributed by atoms with Crippen LogP contribution in [0.25, 0.3) is 0 Å². The molecule has 0 unspecified atom stereocenters. The molecule has 82 valence electrons. The van der Waals surface area contributed by atoms with Gasteiger partial charge in [0, 0.05) is 9.92 Å². The van der Waals surface area contributed by atoms with E-state index in [0.717, 1.165) is 9.92 Å². The number of nitrogens with one attached hydrogen (secondary N) is 1. The molecule has 3 nitrogen and oxygen atoms in total. The Labute approximate surface area is 101 Å². The average molecular weight is 254 g/mol. The number of aromatic carboxylic acids is 1. The van der Waals surface area contributed by atoms with E-state index in [9.17, 15) is 4.79 Å². The summed E-state index contributed by atoms with van der Waals surface area (Å²) < 4.78 is 0. The molecule has 16 heavy (non-hydrogen) atoms. The molecule has 0 spiro atoms. The number of hydrogen-bond acceptors (Lipinski definition) is 2. The van der Waals surface area contributed by atoms with Crippen LogP contribution in [0.5, 0.6) is 0 Å². The molecule has 0 fully saturated rings. The number of carboxylic acid groups (broad SMARTS) is 1. The van der Waals surface area contributed by atoms with Crippen molar-refractivity contribution in [2.45, 2.75) is 9.92 Å². The van der Waals surface area contributed by atoms with E-state index in [-0.39, 0.29) is 5.69 Å². The molecule has 0 bridgehead atoms. The molecule has 1 aromatic carbocycles. The van der Waals surface area contributed by atoms with Crippen molar-refractivity contribution in [3.63, 3.8) is 0 Å². The summed E-state index contributed by atoms with van der Waals surface area (Å²) in [4.78, 5) is 14.4. The highest BCUT2D eigenvalue weighted by molar-refractivity contribution is 7.99. The Morgan fingerprint density at radius 1 is 1.31 bits per heavy atom. The molecule has 0 saturated carbocycles. The fourth-order valence-corrected chi connectivity index (χ4v) is 2.36. The maximum Gasteiger partial charge on any atom is 0.352 e. The maximum absolute atomic E-state index is 10.7. The molecule has 0 amide bonds. The third-order valence-electron chi connectivity index (χ3n) is 1.91. The zero-order chi connectivity index (χ0) is 11.5. The number of carboxylic acids is 1. The molecule has 2 N–H and O–H groups in total. The summed E-state index contributed by atoms with van der Waals surface area (Å²) in [5.74, 6) is -0.960. The van der Waals surface area contributed by atoms with E-state index >= 15 is 0 Å². The second kappa shape index (κ2) is 4.63. The molecule has 0 atom stereocenters. The van der Waals surface area contributed by atoms with Gasteiger partial charge in [0.25, 0.3) is 0 Å². The van der Waals surface area contributed by atoms with Gasteiger partial charge in [-0.25, -0.2) is 4.79 Å². The van der Waals surface area contributed by atoms with Gasteiger partial charge in [0.2, 0.25) is 0 Å². The van der Waals surface area contributed by atoms with Gasteiger partial charge in [-0.1, -0.05) is 29.4 Å². The zero-order valence-electron chi connectivity index (χ0n) is 8.11. The Bertz CT molecular complexity index is 524. The van der Waals surface area contributed by atoms with Crippen LogP contribution < -0.4 is 0 Å². The largest absolute Gasteiger partial charge is 0.477 e. The summed E-state index contributed by atoms with van der Waals surface area (Å²) in [6.45, 7) is 0. The Morgan fingerprint density at radius 2 is 2.12 bits per heavy atom. The van der Waals surface area contributed by atoms with Crippen LogP contribution in [0.15, 0.2) is 46.3 Å². The number of rotatable bonds is 3. The molecular formula is C11H8ClNO2S. The molecule has 0 saturated heterocycles. The highest BCUT2D eigenvalue weighted by Crippen LogP contribution is 2.28. The standard InChI is InChI=1S/C11H8ClNO2S/c12-7-2-1-3-8(6-7)16-10-5-4-9(13-10)11(14)15/h1-6,13H,(H,14,15). The Morgan fingerprint density at radius 3 is 2.75 bits per heavy atom. The molecule has 0 aliphatic rings. The summed E-state index contributed by atoms with van der Waals surface area (Å²) >= 11 is 7.29. The van der Waals surface area contributed by atoms with Crippen LogP contribution in [0, 0.1) is 0 Å². The minimum absolute atomic E-state index is 0.185. The molecule has 1 aromatic heterocycles. The summed E-state index contributed by atoms with van der Waals surface area (Å²) in [5.41, 5.74) is 0.185. The van der Waals surface area contributed by atoms with Crippen molar-refractivity contribution in [1.82, 2.24) is 4.98 Å². The normalized spacial score (nSPS) is 10.3. The Kier molecular flexibility index (Phi) is 3.22. The van der Waals surface area contributed by atoms with Gasteiger partial charge < -0.3 is 10.1 Å². The second-order valence-electron chi connectivity index (χ2n) is 3.10. The first-order valence-electron chi connectivity index (χ1n) is 4.51. The first-order valence-corrected chi connectivity index (χ1v) is 5.70. The fraction of sp³-hybridized carbons (Fsp3) is 0. The van der Waals surface area contributed by atoms with Crippen LogP contribution in [-0.4, -0.2) is 16.1 Å². The van der Waals surface area contributed by atoms with E-state index in [0.29, 0.717) is 5.02 Å². The third-order valence-corrected chi connectivity index (χ3v) is 3.10. The van der Waals surface area contributed by atoms with Crippen molar-refractivity contribution in [2.24, 2.45) is 0 Å². The Hall–Kier alpha value is -1.39. The third kappa shape index (κ3) is 2.59. The predicted octanol–water partition coefficient (Wildman–Crippen LogP) is 3.52. The van der Waals surface area contributed by atoms with E-state index in [1.54, 1.807) is 12.1 Å². The summed E-state index contributed by atoms with van der Waals surface area (Å²) in [6, 6.07) is 10.7. The lowest BCUT2D eigenvalue weighted by molar-refractivity contribution is 0.0691. The van der Waals surface area contributed by atoms with Crippen LogP contribution >= 0.6 is 23.4 Å². The van der Waals surface area contributed by atoms with E-state index in [4.69, 9.17) is 16.7 Å². The highest BCUT2D eigenvalue weighted by atomic mass is 35.5.